The third-order valence-electron chi connectivity index (χ3n) is 10.9. The van der Waals surface area contributed by atoms with Crippen LogP contribution in [0.4, 0.5) is 0 Å². The average molecular weight is 575 g/mol. The molecular formula is C30H66O4Si3. The molecular weight excluding hydrogens is 509 g/mol. The van der Waals surface area contributed by atoms with Crippen LogP contribution in [0.3, 0.4) is 0 Å². The SMILES string of the molecule is CC[C@H](O[Si](CC)(CC)CC)C(C)C(O)C(C)C(=O)[C@H](O[Si](C)(C)C(C)(C)C)[C@H](C)[Si](CC)(CC)CC. The molecule has 0 radical (unpaired) electrons. The van der Waals surface area contributed by atoms with Crippen LogP contribution >= 0.6 is 0 Å². The van der Waals surface area contributed by atoms with Gasteiger partial charge in [-0.25, -0.2) is 0 Å². The summed E-state index contributed by atoms with van der Waals surface area (Å²) in [6.45, 7) is 33.3. The molecule has 0 aliphatic carbocycles. The zero-order valence-corrected chi connectivity index (χ0v) is 30.6. The van der Waals surface area contributed by atoms with Gasteiger partial charge in [0.2, 0.25) is 0 Å². The summed E-state index contributed by atoms with van der Waals surface area (Å²) in [4.78, 5) is 14.3. The maximum atomic E-state index is 14.3. The van der Waals surface area contributed by atoms with Crippen molar-refractivity contribution in [2.75, 3.05) is 0 Å². The van der Waals surface area contributed by atoms with Gasteiger partial charge in [-0.3, -0.25) is 4.79 Å². The summed E-state index contributed by atoms with van der Waals surface area (Å²) in [5.74, 6) is -0.485. The summed E-state index contributed by atoms with van der Waals surface area (Å²) in [5, 5.41) is 11.6. The van der Waals surface area contributed by atoms with Crippen molar-refractivity contribution in [3.8, 4) is 0 Å². The van der Waals surface area contributed by atoms with E-state index in [0.29, 0.717) is 0 Å². The van der Waals surface area contributed by atoms with Crippen LogP contribution < -0.4 is 0 Å². The van der Waals surface area contributed by atoms with Gasteiger partial charge in [0, 0.05) is 17.9 Å². The van der Waals surface area contributed by atoms with Crippen LogP contribution in [-0.4, -0.2) is 53.9 Å². The van der Waals surface area contributed by atoms with Crippen molar-refractivity contribution in [3.05, 3.63) is 0 Å². The van der Waals surface area contributed by atoms with Gasteiger partial charge in [0.05, 0.1) is 14.2 Å². The zero-order valence-electron chi connectivity index (χ0n) is 27.6. The quantitative estimate of drug-likeness (QED) is 0.166. The number of hydrogen-bond donors (Lipinski definition) is 1. The van der Waals surface area contributed by atoms with Gasteiger partial charge < -0.3 is 14.0 Å². The number of hydrogen-bond acceptors (Lipinski definition) is 4. The summed E-state index contributed by atoms with van der Waals surface area (Å²) in [6.07, 6.45) is -0.357. The molecule has 0 aromatic heterocycles. The van der Waals surface area contributed by atoms with Crippen molar-refractivity contribution in [2.24, 2.45) is 11.8 Å². The van der Waals surface area contributed by atoms with E-state index in [4.69, 9.17) is 8.85 Å². The molecule has 0 aromatic rings. The Labute approximate surface area is 235 Å². The fourth-order valence-corrected chi connectivity index (χ4v) is 14.7. The first kappa shape index (κ1) is 37.2. The van der Waals surface area contributed by atoms with E-state index in [0.717, 1.165) is 42.7 Å². The molecule has 0 heterocycles. The second kappa shape index (κ2) is 15.3. The number of carbonyl (C=O) groups excluding carboxylic acids is 1. The molecule has 37 heavy (non-hydrogen) atoms. The second-order valence-electron chi connectivity index (χ2n) is 13.4. The first-order valence-electron chi connectivity index (χ1n) is 15.5. The van der Waals surface area contributed by atoms with Crippen molar-refractivity contribution < 1.29 is 18.8 Å². The van der Waals surface area contributed by atoms with E-state index in [9.17, 15) is 9.90 Å². The molecule has 3 unspecified atom stereocenters. The van der Waals surface area contributed by atoms with Crippen molar-refractivity contribution in [1.29, 1.82) is 0 Å². The van der Waals surface area contributed by atoms with Crippen LogP contribution in [0.15, 0.2) is 0 Å². The third-order valence-corrected chi connectivity index (χ3v) is 26.4. The molecule has 4 nitrogen and oxygen atoms in total. The molecule has 222 valence electrons. The molecule has 7 heteroatoms. The van der Waals surface area contributed by atoms with Gasteiger partial charge in [-0.1, -0.05) is 108 Å². The number of Topliss-reactive ketones (excluding diaryl/α,β-unsaturated/α-hetero) is 1. The lowest BCUT2D eigenvalue weighted by molar-refractivity contribution is -0.135. The minimum atomic E-state index is -2.19. The Morgan fingerprint density at radius 2 is 1.22 bits per heavy atom. The molecule has 1 N–H and O–H groups in total. The van der Waals surface area contributed by atoms with Gasteiger partial charge in [0.15, 0.2) is 22.4 Å². The Morgan fingerprint density at radius 1 is 0.784 bits per heavy atom. The molecule has 0 saturated carbocycles. The molecule has 0 aromatic carbocycles. The summed E-state index contributed by atoms with van der Waals surface area (Å²) in [5.41, 5.74) is 0.220. The zero-order chi connectivity index (χ0) is 29.4. The Morgan fingerprint density at radius 3 is 1.54 bits per heavy atom. The highest BCUT2D eigenvalue weighted by atomic mass is 28.4. The Balaban J connectivity index is 6.28. The predicted octanol–water partition coefficient (Wildman–Crippen LogP) is 9.28. The number of rotatable bonds is 18. The second-order valence-corrected chi connectivity index (χ2v) is 28.6. The molecule has 0 amide bonds. The van der Waals surface area contributed by atoms with E-state index >= 15 is 0 Å². The molecule has 0 aliphatic heterocycles. The van der Waals surface area contributed by atoms with Gasteiger partial charge in [-0.05, 0) is 48.2 Å². The van der Waals surface area contributed by atoms with Crippen LogP contribution in [0.25, 0.3) is 0 Å². The highest BCUT2D eigenvalue weighted by Gasteiger charge is 2.49. The minimum absolute atomic E-state index is 0.0187. The first-order valence-corrected chi connectivity index (χ1v) is 23.6. The maximum absolute atomic E-state index is 14.3. The standard InChI is InChI=1S/C30H66O4Si3/c1-16-26(33-37(20-5,21-6)22-7)23(8)27(31)24(9)28(32)29(34-35(14,15)30(11,12)13)25(10)36(17-2,18-3)19-4/h23-27,29,31H,16-22H2,1-15H3/t23?,24?,25-,26-,27?,29+/m0/s1. The lowest BCUT2D eigenvalue weighted by Crippen LogP contribution is -2.54. The van der Waals surface area contributed by atoms with Gasteiger partial charge in [0.1, 0.15) is 6.10 Å². The van der Waals surface area contributed by atoms with Gasteiger partial charge in [0.25, 0.3) is 0 Å². The molecule has 0 bridgehead atoms. The fourth-order valence-electron chi connectivity index (χ4n) is 5.92. The Hall–Kier alpha value is 0.201. The van der Waals surface area contributed by atoms with Crippen molar-refractivity contribution in [1.82, 2.24) is 0 Å². The van der Waals surface area contributed by atoms with Crippen LogP contribution in [-0.2, 0) is 13.6 Å². The topological polar surface area (TPSA) is 55.8 Å². The molecule has 6 atom stereocenters. The monoisotopic (exact) mass is 574 g/mol. The number of aliphatic hydroxyl groups excluding tert-OH is 1. The average Bonchev–Trinajstić information content (AvgIpc) is 2.87. The molecule has 0 fully saturated rings. The van der Waals surface area contributed by atoms with E-state index in [1.807, 2.05) is 6.92 Å². The van der Waals surface area contributed by atoms with Crippen LogP contribution in [0, 0.1) is 11.8 Å². The first-order chi connectivity index (χ1) is 16.9. The van der Waals surface area contributed by atoms with E-state index in [1.54, 1.807) is 0 Å². The van der Waals surface area contributed by atoms with Gasteiger partial charge >= 0.3 is 0 Å². The fraction of sp³-hybridized carbons (Fsp3) is 0.967. The van der Waals surface area contributed by atoms with E-state index < -0.39 is 42.8 Å². The summed E-state index contributed by atoms with van der Waals surface area (Å²) >= 11 is 0. The maximum Gasteiger partial charge on any atom is 0.193 e. The van der Waals surface area contributed by atoms with E-state index in [2.05, 4.69) is 96.2 Å². The highest BCUT2D eigenvalue weighted by Crippen LogP contribution is 2.44. The Bertz CT molecular complexity index is 652. The lowest BCUT2D eigenvalue weighted by atomic mass is 9.84. The minimum Gasteiger partial charge on any atom is -0.414 e. The van der Waals surface area contributed by atoms with Crippen molar-refractivity contribution in [2.45, 2.75) is 175 Å². The van der Waals surface area contributed by atoms with Crippen molar-refractivity contribution in [3.63, 3.8) is 0 Å². The van der Waals surface area contributed by atoms with E-state index in [-0.39, 0.29) is 28.4 Å². The largest absolute Gasteiger partial charge is 0.414 e. The summed E-state index contributed by atoms with van der Waals surface area (Å²) in [6, 6.07) is 6.73. The normalized spacial score (nSPS) is 18.7. The van der Waals surface area contributed by atoms with E-state index in [1.165, 1.54) is 0 Å². The highest BCUT2D eigenvalue weighted by molar-refractivity contribution is 6.81. The lowest BCUT2D eigenvalue weighted by Gasteiger charge is -2.46. The molecule has 0 aliphatic rings. The summed E-state index contributed by atoms with van der Waals surface area (Å²) in [7, 11) is -5.72. The van der Waals surface area contributed by atoms with Crippen LogP contribution in [0.1, 0.15) is 96.4 Å². The smallest absolute Gasteiger partial charge is 0.193 e. The van der Waals surface area contributed by atoms with Crippen LogP contribution in [0.2, 0.25) is 59.9 Å². The predicted molar refractivity (Wildman–Crippen MR) is 170 cm³/mol. The molecule has 0 saturated heterocycles. The molecule has 0 spiro atoms. The number of carbonyl (C=O) groups is 1. The van der Waals surface area contributed by atoms with Crippen LogP contribution in [0.5, 0.6) is 0 Å². The third kappa shape index (κ3) is 8.84. The molecule has 0 rings (SSSR count). The number of aliphatic hydroxyl groups is 1. The van der Waals surface area contributed by atoms with Crippen molar-refractivity contribution >= 4 is 30.5 Å². The van der Waals surface area contributed by atoms with Gasteiger partial charge in [-0.15, -0.1) is 0 Å². The summed E-state index contributed by atoms with van der Waals surface area (Å²) < 4.78 is 13.8. The number of ketones is 1. The Kier molecular flexibility index (Phi) is 15.4. The van der Waals surface area contributed by atoms with Gasteiger partial charge in [-0.2, -0.15) is 0 Å².